The van der Waals surface area contributed by atoms with Crippen molar-refractivity contribution in [3.8, 4) is 5.75 Å². The molecule has 0 radical (unpaired) electrons. The topological polar surface area (TPSA) is 47.9 Å². The predicted molar refractivity (Wildman–Crippen MR) is 66.2 cm³/mol. The van der Waals surface area contributed by atoms with Crippen LogP contribution in [0.2, 0.25) is 0 Å². The van der Waals surface area contributed by atoms with Gasteiger partial charge in [-0.05, 0) is 24.6 Å². The fraction of sp³-hybridized carbons (Fsp3) is 0.385. The summed E-state index contributed by atoms with van der Waals surface area (Å²) in [7, 11) is 0. The second-order valence-corrected chi connectivity index (χ2v) is 3.70. The molecule has 98 valence electrons. The average Bonchev–Trinajstić information content (AvgIpc) is 2.31. The van der Waals surface area contributed by atoms with Crippen LogP contribution in [0, 0.1) is 5.82 Å². The van der Waals surface area contributed by atoms with E-state index in [0.717, 1.165) is 12.8 Å². The maximum absolute atomic E-state index is 13.1. The number of ether oxygens (including phenoxy) is 1. The van der Waals surface area contributed by atoms with Gasteiger partial charge in [-0.1, -0.05) is 18.5 Å². The summed E-state index contributed by atoms with van der Waals surface area (Å²) in [6.45, 7) is 3.83. The molecule has 1 aromatic rings. The van der Waals surface area contributed by atoms with Gasteiger partial charge in [0.2, 0.25) is 0 Å². The molecule has 0 unspecified atom stereocenters. The number of oxime groups is 1. The van der Waals surface area contributed by atoms with Crippen LogP contribution in [0.3, 0.4) is 0 Å². The van der Waals surface area contributed by atoms with Gasteiger partial charge in [0.25, 0.3) is 0 Å². The summed E-state index contributed by atoms with van der Waals surface area (Å²) in [6.07, 6.45) is 3.24. The van der Waals surface area contributed by atoms with E-state index in [4.69, 9.17) is 9.57 Å². The van der Waals surface area contributed by atoms with Gasteiger partial charge < -0.3 is 9.57 Å². The Labute approximate surface area is 105 Å². The number of rotatable bonds is 6. The number of esters is 1. The predicted octanol–water partition coefficient (Wildman–Crippen LogP) is 2.90. The Bertz CT molecular complexity index is 432. The SMILES string of the molecule is CCCCO/N=C/c1cc(F)ccc1OC(C)=O. The van der Waals surface area contributed by atoms with E-state index in [0.29, 0.717) is 12.2 Å². The molecular formula is C13H16FNO3. The van der Waals surface area contributed by atoms with E-state index in [9.17, 15) is 9.18 Å². The highest BCUT2D eigenvalue weighted by molar-refractivity contribution is 5.84. The van der Waals surface area contributed by atoms with E-state index >= 15 is 0 Å². The van der Waals surface area contributed by atoms with E-state index in [-0.39, 0.29) is 5.75 Å². The van der Waals surface area contributed by atoms with Gasteiger partial charge in [0.1, 0.15) is 18.2 Å². The molecule has 0 heterocycles. The molecule has 0 N–H and O–H groups in total. The quantitative estimate of drug-likeness (QED) is 0.257. The molecule has 5 heteroatoms. The van der Waals surface area contributed by atoms with Gasteiger partial charge in [0.05, 0.1) is 6.21 Å². The summed E-state index contributed by atoms with van der Waals surface area (Å²) in [5.41, 5.74) is 0.363. The lowest BCUT2D eigenvalue weighted by Crippen LogP contribution is -2.04. The molecule has 0 aliphatic carbocycles. The Morgan fingerprint density at radius 2 is 2.28 bits per heavy atom. The van der Waals surface area contributed by atoms with Crippen molar-refractivity contribution in [1.82, 2.24) is 0 Å². The maximum atomic E-state index is 13.1. The zero-order valence-electron chi connectivity index (χ0n) is 10.5. The molecule has 0 bridgehead atoms. The van der Waals surface area contributed by atoms with Crippen molar-refractivity contribution in [2.75, 3.05) is 6.61 Å². The fourth-order valence-corrected chi connectivity index (χ4v) is 1.22. The Kier molecular flexibility index (Phi) is 5.84. The Morgan fingerprint density at radius 3 is 2.94 bits per heavy atom. The second-order valence-electron chi connectivity index (χ2n) is 3.70. The molecule has 4 nitrogen and oxygen atoms in total. The first-order valence-corrected chi connectivity index (χ1v) is 5.76. The zero-order chi connectivity index (χ0) is 13.4. The van der Waals surface area contributed by atoms with Crippen molar-refractivity contribution in [2.45, 2.75) is 26.7 Å². The first-order chi connectivity index (χ1) is 8.63. The third kappa shape index (κ3) is 4.95. The van der Waals surface area contributed by atoms with Crippen molar-refractivity contribution < 1.29 is 18.8 Å². The monoisotopic (exact) mass is 253 g/mol. The normalized spacial score (nSPS) is 10.6. The van der Waals surface area contributed by atoms with Gasteiger partial charge in [-0.25, -0.2) is 4.39 Å². The Morgan fingerprint density at radius 1 is 1.50 bits per heavy atom. The molecule has 0 amide bonds. The molecule has 0 saturated carbocycles. The molecule has 0 aromatic heterocycles. The van der Waals surface area contributed by atoms with E-state index in [1.54, 1.807) is 0 Å². The molecular weight excluding hydrogens is 237 g/mol. The molecule has 0 aliphatic heterocycles. The third-order valence-electron chi connectivity index (χ3n) is 2.08. The summed E-state index contributed by atoms with van der Waals surface area (Å²) >= 11 is 0. The van der Waals surface area contributed by atoms with E-state index in [1.807, 2.05) is 6.92 Å². The largest absolute Gasteiger partial charge is 0.426 e. The summed E-state index contributed by atoms with van der Waals surface area (Å²) in [4.78, 5) is 15.9. The van der Waals surface area contributed by atoms with Crippen LogP contribution < -0.4 is 4.74 Å². The molecule has 0 saturated heterocycles. The third-order valence-corrected chi connectivity index (χ3v) is 2.08. The minimum atomic E-state index is -0.469. The van der Waals surface area contributed by atoms with Crippen LogP contribution in [0.1, 0.15) is 32.3 Å². The number of halogens is 1. The van der Waals surface area contributed by atoms with Gasteiger partial charge in [0.15, 0.2) is 0 Å². The molecule has 18 heavy (non-hydrogen) atoms. The lowest BCUT2D eigenvalue weighted by molar-refractivity contribution is -0.131. The van der Waals surface area contributed by atoms with Gasteiger partial charge in [-0.2, -0.15) is 0 Å². The first kappa shape index (κ1) is 14.2. The standard InChI is InChI=1S/C13H16FNO3/c1-3-4-7-17-15-9-11-8-12(14)5-6-13(11)18-10(2)16/h5-6,8-9H,3-4,7H2,1-2H3/b15-9+. The van der Waals surface area contributed by atoms with Crippen LogP contribution in [0.25, 0.3) is 0 Å². The van der Waals surface area contributed by atoms with Crippen molar-refractivity contribution >= 4 is 12.2 Å². The van der Waals surface area contributed by atoms with Gasteiger partial charge >= 0.3 is 5.97 Å². The van der Waals surface area contributed by atoms with Crippen LogP contribution in [0.5, 0.6) is 5.75 Å². The van der Waals surface area contributed by atoms with Gasteiger partial charge in [-0.15, -0.1) is 0 Å². The highest BCUT2D eigenvalue weighted by atomic mass is 19.1. The van der Waals surface area contributed by atoms with Crippen LogP contribution in [-0.4, -0.2) is 18.8 Å². The Balaban J connectivity index is 2.72. The minimum Gasteiger partial charge on any atom is -0.426 e. The highest BCUT2D eigenvalue weighted by Gasteiger charge is 2.06. The summed E-state index contributed by atoms with van der Waals surface area (Å²) < 4.78 is 18.0. The first-order valence-electron chi connectivity index (χ1n) is 5.76. The fourth-order valence-electron chi connectivity index (χ4n) is 1.22. The lowest BCUT2D eigenvalue weighted by atomic mass is 10.2. The minimum absolute atomic E-state index is 0.256. The number of carbonyl (C=O) groups excluding carboxylic acids is 1. The molecule has 1 aromatic carbocycles. The van der Waals surface area contributed by atoms with E-state index in [2.05, 4.69) is 5.16 Å². The number of hydrogen-bond donors (Lipinski definition) is 0. The molecule has 0 atom stereocenters. The van der Waals surface area contributed by atoms with Crippen LogP contribution in [-0.2, 0) is 9.63 Å². The smallest absolute Gasteiger partial charge is 0.308 e. The lowest BCUT2D eigenvalue weighted by Gasteiger charge is -2.05. The second kappa shape index (κ2) is 7.42. The summed E-state index contributed by atoms with van der Waals surface area (Å²) in [5, 5.41) is 3.71. The average molecular weight is 253 g/mol. The van der Waals surface area contributed by atoms with E-state index in [1.165, 1.54) is 31.3 Å². The van der Waals surface area contributed by atoms with Gasteiger partial charge in [0, 0.05) is 12.5 Å². The van der Waals surface area contributed by atoms with Crippen LogP contribution in [0.15, 0.2) is 23.4 Å². The van der Waals surface area contributed by atoms with Crippen molar-refractivity contribution in [3.63, 3.8) is 0 Å². The van der Waals surface area contributed by atoms with Crippen molar-refractivity contribution in [2.24, 2.45) is 5.16 Å². The molecule has 1 rings (SSSR count). The molecule has 0 spiro atoms. The van der Waals surface area contributed by atoms with Crippen molar-refractivity contribution in [3.05, 3.63) is 29.6 Å². The molecule has 0 aliphatic rings. The zero-order valence-corrected chi connectivity index (χ0v) is 10.5. The molecule has 0 fully saturated rings. The number of benzene rings is 1. The summed E-state index contributed by atoms with van der Waals surface area (Å²) in [6, 6.07) is 3.82. The van der Waals surface area contributed by atoms with Crippen LogP contribution >= 0.6 is 0 Å². The number of unbranched alkanes of at least 4 members (excludes halogenated alkanes) is 1. The van der Waals surface area contributed by atoms with Gasteiger partial charge in [-0.3, -0.25) is 4.79 Å². The summed E-state index contributed by atoms with van der Waals surface area (Å²) in [5.74, 6) is -0.643. The maximum Gasteiger partial charge on any atom is 0.308 e. The number of hydrogen-bond acceptors (Lipinski definition) is 4. The highest BCUT2D eigenvalue weighted by Crippen LogP contribution is 2.18. The van der Waals surface area contributed by atoms with Crippen molar-refractivity contribution in [1.29, 1.82) is 0 Å². The van der Waals surface area contributed by atoms with E-state index < -0.39 is 11.8 Å². The number of carbonyl (C=O) groups is 1. The van der Waals surface area contributed by atoms with Crippen LogP contribution in [0.4, 0.5) is 4.39 Å². The number of nitrogens with zero attached hydrogens (tertiary/aromatic N) is 1. The Hall–Kier alpha value is -1.91.